The molecule has 1 atom stereocenters. The maximum Gasteiger partial charge on any atom is 0.160 e. The smallest absolute Gasteiger partial charge is 0.160 e. The Hall–Kier alpha value is -2.58. The lowest BCUT2D eigenvalue weighted by atomic mass is 10.0. The van der Waals surface area contributed by atoms with Gasteiger partial charge in [-0.25, -0.2) is 14.4 Å². The third-order valence-electron chi connectivity index (χ3n) is 4.45. The second kappa shape index (κ2) is 7.12. The molecular weight excluding hydrogens is 323 g/mol. The molecular formula is C17H19FN6O. The van der Waals surface area contributed by atoms with E-state index in [1.54, 1.807) is 6.20 Å². The predicted molar refractivity (Wildman–Crippen MR) is 91.7 cm³/mol. The molecule has 0 radical (unpaired) electrons. The molecule has 0 spiro atoms. The number of fused-ring (bicyclic) bond motifs is 1. The third-order valence-corrected chi connectivity index (χ3v) is 4.45. The fourth-order valence-electron chi connectivity index (χ4n) is 3.13. The number of hydrogen-bond acceptors (Lipinski definition) is 6. The Bertz CT molecular complexity index is 831. The molecule has 8 heteroatoms. The van der Waals surface area contributed by atoms with Gasteiger partial charge < -0.3 is 10.1 Å². The Labute approximate surface area is 144 Å². The topological polar surface area (TPSA) is 79.0 Å². The van der Waals surface area contributed by atoms with E-state index in [-0.39, 0.29) is 11.9 Å². The van der Waals surface area contributed by atoms with Crippen molar-refractivity contribution in [2.24, 2.45) is 0 Å². The summed E-state index contributed by atoms with van der Waals surface area (Å²) in [5.74, 6) is 0.507. The van der Waals surface area contributed by atoms with Crippen molar-refractivity contribution in [1.29, 1.82) is 0 Å². The number of nitrogens with zero attached hydrogens (tertiary/aromatic N) is 4. The van der Waals surface area contributed by atoms with E-state index in [0.29, 0.717) is 25.4 Å². The van der Waals surface area contributed by atoms with Crippen LogP contribution in [0.2, 0.25) is 0 Å². The number of nitrogens with one attached hydrogen (secondary N) is 2. The van der Waals surface area contributed by atoms with Gasteiger partial charge in [0.25, 0.3) is 0 Å². The second-order valence-electron chi connectivity index (χ2n) is 5.95. The number of H-pyrrole nitrogens is 1. The molecule has 25 heavy (non-hydrogen) atoms. The number of benzene rings is 1. The number of rotatable bonds is 5. The van der Waals surface area contributed by atoms with Gasteiger partial charge in [-0.05, 0) is 17.7 Å². The number of anilines is 1. The summed E-state index contributed by atoms with van der Waals surface area (Å²) in [6, 6.07) is 6.78. The SMILES string of the molecule is Fc1ccc([C@@H](CNc2ncnc3[nH]ncc23)N2CCOCC2)cc1. The molecule has 130 valence electrons. The van der Waals surface area contributed by atoms with Crippen LogP contribution >= 0.6 is 0 Å². The highest BCUT2D eigenvalue weighted by atomic mass is 19.1. The molecule has 7 nitrogen and oxygen atoms in total. The van der Waals surface area contributed by atoms with Gasteiger partial charge in [0, 0.05) is 19.6 Å². The van der Waals surface area contributed by atoms with Gasteiger partial charge >= 0.3 is 0 Å². The molecule has 0 aliphatic carbocycles. The summed E-state index contributed by atoms with van der Waals surface area (Å²) in [6.45, 7) is 3.74. The summed E-state index contributed by atoms with van der Waals surface area (Å²) >= 11 is 0. The zero-order valence-corrected chi connectivity index (χ0v) is 13.7. The van der Waals surface area contributed by atoms with Crippen LogP contribution in [0.1, 0.15) is 11.6 Å². The lowest BCUT2D eigenvalue weighted by Gasteiger charge is -2.35. The van der Waals surface area contributed by atoms with Gasteiger partial charge in [0.15, 0.2) is 5.65 Å². The largest absolute Gasteiger partial charge is 0.379 e. The van der Waals surface area contributed by atoms with Crippen molar-refractivity contribution in [3.8, 4) is 0 Å². The highest BCUT2D eigenvalue weighted by Gasteiger charge is 2.23. The van der Waals surface area contributed by atoms with Crippen molar-refractivity contribution >= 4 is 16.9 Å². The average Bonchev–Trinajstić information content (AvgIpc) is 3.14. The van der Waals surface area contributed by atoms with Crippen LogP contribution in [-0.2, 0) is 4.74 Å². The number of aromatic amines is 1. The molecule has 0 unspecified atom stereocenters. The Kier molecular flexibility index (Phi) is 4.53. The van der Waals surface area contributed by atoms with Crippen LogP contribution in [0.4, 0.5) is 10.2 Å². The van der Waals surface area contributed by atoms with E-state index in [1.165, 1.54) is 18.5 Å². The number of morpholine rings is 1. The Morgan fingerprint density at radius 3 is 2.80 bits per heavy atom. The summed E-state index contributed by atoms with van der Waals surface area (Å²) in [6.07, 6.45) is 3.21. The fraction of sp³-hybridized carbons (Fsp3) is 0.353. The van der Waals surface area contributed by atoms with Crippen LogP contribution in [0.25, 0.3) is 11.0 Å². The molecule has 3 aromatic rings. The van der Waals surface area contributed by atoms with Gasteiger partial charge in [-0.1, -0.05) is 12.1 Å². The molecule has 0 saturated carbocycles. The van der Waals surface area contributed by atoms with Crippen molar-refractivity contribution in [2.45, 2.75) is 6.04 Å². The van der Waals surface area contributed by atoms with Gasteiger partial charge in [0.1, 0.15) is 18.0 Å². The van der Waals surface area contributed by atoms with Gasteiger partial charge in [0.05, 0.1) is 30.8 Å². The van der Waals surface area contributed by atoms with Gasteiger partial charge in [-0.3, -0.25) is 10.00 Å². The van der Waals surface area contributed by atoms with Crippen LogP contribution in [0.15, 0.2) is 36.8 Å². The van der Waals surface area contributed by atoms with Crippen LogP contribution in [0, 0.1) is 5.82 Å². The minimum Gasteiger partial charge on any atom is -0.379 e. The van der Waals surface area contributed by atoms with Crippen molar-refractivity contribution in [3.05, 3.63) is 48.2 Å². The molecule has 3 heterocycles. The Balaban J connectivity index is 1.57. The zero-order chi connectivity index (χ0) is 17.1. The van der Waals surface area contributed by atoms with Crippen molar-refractivity contribution < 1.29 is 9.13 Å². The first-order valence-electron chi connectivity index (χ1n) is 8.26. The zero-order valence-electron chi connectivity index (χ0n) is 13.7. The molecule has 2 aromatic heterocycles. The summed E-state index contributed by atoms with van der Waals surface area (Å²) in [7, 11) is 0. The monoisotopic (exact) mass is 342 g/mol. The molecule has 1 fully saturated rings. The van der Waals surface area contributed by atoms with E-state index >= 15 is 0 Å². The Morgan fingerprint density at radius 1 is 1.20 bits per heavy atom. The van der Waals surface area contributed by atoms with E-state index in [4.69, 9.17) is 4.74 Å². The highest BCUT2D eigenvalue weighted by molar-refractivity contribution is 5.85. The summed E-state index contributed by atoms with van der Waals surface area (Å²) < 4.78 is 18.8. The predicted octanol–water partition coefficient (Wildman–Crippen LogP) is 1.98. The van der Waals surface area contributed by atoms with Crippen LogP contribution < -0.4 is 5.32 Å². The fourth-order valence-corrected chi connectivity index (χ4v) is 3.13. The molecule has 1 aliphatic rings. The quantitative estimate of drug-likeness (QED) is 0.738. The first-order chi connectivity index (χ1) is 12.3. The first-order valence-corrected chi connectivity index (χ1v) is 8.26. The van der Waals surface area contributed by atoms with Crippen molar-refractivity contribution in [1.82, 2.24) is 25.1 Å². The van der Waals surface area contributed by atoms with E-state index in [1.807, 2.05) is 12.1 Å². The molecule has 2 N–H and O–H groups in total. The molecule has 1 saturated heterocycles. The van der Waals surface area contributed by atoms with E-state index in [0.717, 1.165) is 29.9 Å². The normalized spacial score (nSPS) is 16.8. The van der Waals surface area contributed by atoms with E-state index in [9.17, 15) is 4.39 Å². The molecule has 0 bridgehead atoms. The summed E-state index contributed by atoms with van der Waals surface area (Å²) in [5.41, 5.74) is 1.76. The van der Waals surface area contributed by atoms with Crippen molar-refractivity contribution in [2.75, 3.05) is 38.2 Å². The number of ether oxygens (including phenoxy) is 1. The van der Waals surface area contributed by atoms with E-state index in [2.05, 4.69) is 30.4 Å². The highest BCUT2D eigenvalue weighted by Crippen LogP contribution is 2.24. The minimum atomic E-state index is -0.228. The van der Waals surface area contributed by atoms with Gasteiger partial charge in [-0.2, -0.15) is 5.10 Å². The lowest BCUT2D eigenvalue weighted by molar-refractivity contribution is 0.0187. The third kappa shape index (κ3) is 3.45. The van der Waals surface area contributed by atoms with Gasteiger partial charge in [-0.15, -0.1) is 0 Å². The molecule has 1 aliphatic heterocycles. The van der Waals surface area contributed by atoms with Crippen LogP contribution in [-0.4, -0.2) is 57.9 Å². The maximum absolute atomic E-state index is 13.3. The summed E-state index contributed by atoms with van der Waals surface area (Å²) in [4.78, 5) is 10.8. The summed E-state index contributed by atoms with van der Waals surface area (Å²) in [5, 5.41) is 11.1. The second-order valence-corrected chi connectivity index (χ2v) is 5.95. The van der Waals surface area contributed by atoms with Crippen LogP contribution in [0.5, 0.6) is 0 Å². The van der Waals surface area contributed by atoms with Crippen molar-refractivity contribution in [3.63, 3.8) is 0 Å². The number of halogens is 1. The van der Waals surface area contributed by atoms with Crippen LogP contribution in [0.3, 0.4) is 0 Å². The minimum absolute atomic E-state index is 0.0985. The number of aromatic nitrogens is 4. The Morgan fingerprint density at radius 2 is 2.00 bits per heavy atom. The van der Waals surface area contributed by atoms with Gasteiger partial charge in [0.2, 0.25) is 0 Å². The lowest BCUT2D eigenvalue weighted by Crippen LogP contribution is -2.41. The molecule has 0 amide bonds. The molecule has 4 rings (SSSR count). The maximum atomic E-state index is 13.3. The number of hydrogen-bond donors (Lipinski definition) is 2. The average molecular weight is 342 g/mol. The van der Waals surface area contributed by atoms with E-state index < -0.39 is 0 Å². The standard InChI is InChI=1S/C17H19FN6O/c18-13-3-1-12(2-4-13)15(24-5-7-25-8-6-24)10-19-16-14-9-22-23-17(14)21-11-20-16/h1-4,9,11,15H,5-8,10H2,(H2,19,20,21,22,23)/t15-/m1/s1. The molecule has 1 aromatic carbocycles. The first kappa shape index (κ1) is 15.9.